The van der Waals surface area contributed by atoms with Gasteiger partial charge in [-0.1, -0.05) is 0 Å². The molecule has 3 rings (SSSR count). The van der Waals surface area contributed by atoms with E-state index in [0.717, 1.165) is 24.3 Å². The van der Waals surface area contributed by atoms with Gasteiger partial charge in [0, 0.05) is 25.0 Å². The number of thioether (sulfide) groups is 1. The molecule has 1 aromatic carbocycles. The van der Waals surface area contributed by atoms with Crippen LogP contribution >= 0.6 is 11.8 Å². The second-order valence-corrected chi connectivity index (χ2v) is 10.1. The maximum Gasteiger partial charge on any atom is 0.243 e. The molecule has 27 heavy (non-hydrogen) atoms. The molecule has 2 aliphatic heterocycles. The largest absolute Gasteiger partial charge is 0.494 e. The Morgan fingerprint density at radius 3 is 2.37 bits per heavy atom. The maximum absolute atomic E-state index is 12.8. The van der Waals surface area contributed by atoms with Gasteiger partial charge in [0.25, 0.3) is 0 Å². The van der Waals surface area contributed by atoms with Crippen molar-refractivity contribution in [3.05, 3.63) is 24.3 Å². The molecule has 1 amide bonds. The molecule has 0 aromatic heterocycles. The zero-order valence-corrected chi connectivity index (χ0v) is 17.4. The summed E-state index contributed by atoms with van der Waals surface area (Å²) in [4.78, 5) is 12.8. The van der Waals surface area contributed by atoms with Crippen molar-refractivity contribution in [2.24, 2.45) is 5.92 Å². The first kappa shape index (κ1) is 20.5. The molecule has 2 heterocycles. The van der Waals surface area contributed by atoms with Gasteiger partial charge in [-0.25, -0.2) is 8.42 Å². The summed E-state index contributed by atoms with van der Waals surface area (Å²) >= 11 is 1.93. The lowest BCUT2D eigenvalue weighted by Crippen LogP contribution is -2.46. The molecule has 150 valence electrons. The molecule has 2 saturated heterocycles. The monoisotopic (exact) mass is 412 g/mol. The van der Waals surface area contributed by atoms with Crippen molar-refractivity contribution in [2.45, 2.75) is 43.5 Å². The second kappa shape index (κ2) is 9.30. The van der Waals surface area contributed by atoms with Crippen LogP contribution < -0.4 is 10.1 Å². The van der Waals surface area contributed by atoms with E-state index in [1.165, 1.54) is 4.31 Å². The van der Waals surface area contributed by atoms with Crippen LogP contribution in [0.15, 0.2) is 29.2 Å². The van der Waals surface area contributed by atoms with Crippen LogP contribution in [0.4, 0.5) is 0 Å². The van der Waals surface area contributed by atoms with Gasteiger partial charge in [0.05, 0.1) is 11.5 Å². The first-order valence-corrected chi connectivity index (χ1v) is 12.2. The van der Waals surface area contributed by atoms with E-state index in [9.17, 15) is 13.2 Å². The number of carbonyl (C=O) groups excluding carboxylic acids is 1. The molecule has 0 atom stereocenters. The lowest BCUT2D eigenvalue weighted by atomic mass is 9.96. The predicted molar refractivity (Wildman–Crippen MR) is 108 cm³/mol. The minimum absolute atomic E-state index is 0.0880. The van der Waals surface area contributed by atoms with Crippen molar-refractivity contribution in [3.8, 4) is 5.75 Å². The topological polar surface area (TPSA) is 75.7 Å². The third kappa shape index (κ3) is 5.18. The van der Waals surface area contributed by atoms with Gasteiger partial charge in [-0.05, 0) is 68.4 Å². The number of benzene rings is 1. The van der Waals surface area contributed by atoms with Crippen LogP contribution in [0.1, 0.15) is 32.6 Å². The molecule has 0 spiro atoms. The normalized spacial score (nSPS) is 20.3. The third-order valence-electron chi connectivity index (χ3n) is 5.16. The molecular formula is C19H28N2O4S2. The van der Waals surface area contributed by atoms with Crippen molar-refractivity contribution in [3.63, 3.8) is 0 Å². The highest BCUT2D eigenvalue weighted by atomic mass is 32.2. The summed E-state index contributed by atoms with van der Waals surface area (Å²) in [5, 5.41) is 3.16. The van der Waals surface area contributed by atoms with Crippen LogP contribution in [0.5, 0.6) is 5.75 Å². The number of rotatable bonds is 6. The molecule has 8 heteroatoms. The molecule has 1 aromatic rings. The van der Waals surface area contributed by atoms with Gasteiger partial charge < -0.3 is 10.1 Å². The quantitative estimate of drug-likeness (QED) is 0.777. The van der Waals surface area contributed by atoms with Crippen LogP contribution in [0, 0.1) is 5.92 Å². The van der Waals surface area contributed by atoms with E-state index in [4.69, 9.17) is 4.74 Å². The number of amides is 1. The first-order valence-electron chi connectivity index (χ1n) is 9.62. The number of hydrogen-bond acceptors (Lipinski definition) is 5. The van der Waals surface area contributed by atoms with E-state index >= 15 is 0 Å². The molecule has 0 unspecified atom stereocenters. The molecule has 6 nitrogen and oxygen atoms in total. The molecular weight excluding hydrogens is 384 g/mol. The summed E-state index contributed by atoms with van der Waals surface area (Å²) in [6.45, 7) is 3.20. The zero-order valence-electron chi connectivity index (χ0n) is 15.7. The number of nitrogens with zero attached hydrogens (tertiary/aromatic N) is 1. The number of hydrogen-bond donors (Lipinski definition) is 1. The standard InChI is InChI=1S/C19H28N2O4S2/c1-2-25-17-3-5-18(6-4-17)27(23,24)21-11-7-15(8-12-21)19(22)20-16-9-13-26-14-10-16/h3-6,15-16H,2,7-14H2,1H3,(H,20,22). The fourth-order valence-electron chi connectivity index (χ4n) is 3.54. The van der Waals surface area contributed by atoms with Crippen molar-refractivity contribution >= 4 is 27.7 Å². The number of carbonyl (C=O) groups is 1. The van der Waals surface area contributed by atoms with E-state index in [0.29, 0.717) is 38.3 Å². The van der Waals surface area contributed by atoms with Crippen molar-refractivity contribution < 1.29 is 17.9 Å². The molecule has 1 N–H and O–H groups in total. The lowest BCUT2D eigenvalue weighted by molar-refractivity contribution is -0.126. The number of sulfonamides is 1. The third-order valence-corrected chi connectivity index (χ3v) is 8.13. The van der Waals surface area contributed by atoms with Gasteiger partial charge in [-0.15, -0.1) is 0 Å². The Balaban J connectivity index is 1.55. The minimum atomic E-state index is -3.53. The highest BCUT2D eigenvalue weighted by Crippen LogP contribution is 2.26. The summed E-state index contributed by atoms with van der Waals surface area (Å²) in [6, 6.07) is 6.81. The van der Waals surface area contributed by atoms with Gasteiger partial charge in [-0.3, -0.25) is 4.79 Å². The summed E-state index contributed by atoms with van der Waals surface area (Å²) in [5.74, 6) is 2.86. The number of ether oxygens (including phenoxy) is 1. The predicted octanol–water partition coefficient (Wildman–Crippen LogP) is 2.50. The molecule has 0 radical (unpaired) electrons. The Kier molecular flexibility index (Phi) is 7.05. The molecule has 0 saturated carbocycles. The number of nitrogens with one attached hydrogen (secondary N) is 1. The maximum atomic E-state index is 12.8. The Morgan fingerprint density at radius 1 is 1.15 bits per heavy atom. The fraction of sp³-hybridized carbons (Fsp3) is 0.632. The summed E-state index contributed by atoms with van der Waals surface area (Å²) in [5.41, 5.74) is 0. The average Bonchev–Trinajstić information content (AvgIpc) is 2.69. The Labute approximate surface area is 166 Å². The molecule has 2 aliphatic rings. The van der Waals surface area contributed by atoms with Crippen molar-refractivity contribution in [2.75, 3.05) is 31.2 Å². The second-order valence-electron chi connectivity index (χ2n) is 6.98. The summed E-state index contributed by atoms with van der Waals surface area (Å²) in [6.07, 6.45) is 3.20. The summed E-state index contributed by atoms with van der Waals surface area (Å²) in [7, 11) is -3.53. The highest BCUT2D eigenvalue weighted by molar-refractivity contribution is 7.99. The van der Waals surface area contributed by atoms with Crippen LogP contribution in [0.3, 0.4) is 0 Å². The van der Waals surface area contributed by atoms with E-state index in [2.05, 4.69) is 5.32 Å². The van der Waals surface area contributed by atoms with Crippen LogP contribution in [0.25, 0.3) is 0 Å². The molecule has 2 fully saturated rings. The molecule has 0 aliphatic carbocycles. The van der Waals surface area contributed by atoms with Crippen LogP contribution in [-0.2, 0) is 14.8 Å². The van der Waals surface area contributed by atoms with Gasteiger partial charge in [0.15, 0.2) is 0 Å². The van der Waals surface area contributed by atoms with Crippen molar-refractivity contribution in [1.29, 1.82) is 0 Å². The van der Waals surface area contributed by atoms with E-state index in [1.54, 1.807) is 24.3 Å². The van der Waals surface area contributed by atoms with Gasteiger partial charge in [0.2, 0.25) is 15.9 Å². The molecule has 0 bridgehead atoms. The SMILES string of the molecule is CCOc1ccc(S(=O)(=O)N2CCC(C(=O)NC3CCSCC3)CC2)cc1. The van der Waals surface area contributed by atoms with Gasteiger partial charge >= 0.3 is 0 Å². The lowest BCUT2D eigenvalue weighted by Gasteiger charge is -2.32. The fourth-order valence-corrected chi connectivity index (χ4v) is 6.12. The van der Waals surface area contributed by atoms with Gasteiger partial charge in [0.1, 0.15) is 5.75 Å². The highest BCUT2D eigenvalue weighted by Gasteiger charge is 2.32. The summed E-state index contributed by atoms with van der Waals surface area (Å²) < 4.78 is 32.5. The number of piperidine rings is 1. The Hall–Kier alpha value is -1.25. The van der Waals surface area contributed by atoms with Crippen molar-refractivity contribution in [1.82, 2.24) is 9.62 Å². The smallest absolute Gasteiger partial charge is 0.243 e. The van der Waals surface area contributed by atoms with E-state index < -0.39 is 10.0 Å². The van der Waals surface area contributed by atoms with E-state index in [-0.39, 0.29) is 22.8 Å². The Bertz CT molecular complexity index is 723. The first-order chi connectivity index (χ1) is 13.0. The zero-order chi connectivity index (χ0) is 19.3. The average molecular weight is 413 g/mol. The van der Waals surface area contributed by atoms with Gasteiger partial charge in [-0.2, -0.15) is 16.1 Å². The van der Waals surface area contributed by atoms with E-state index in [1.807, 2.05) is 18.7 Å². The Morgan fingerprint density at radius 2 is 1.78 bits per heavy atom. The van der Waals surface area contributed by atoms with Crippen LogP contribution in [-0.4, -0.2) is 55.9 Å². The van der Waals surface area contributed by atoms with Crippen LogP contribution in [0.2, 0.25) is 0 Å². The minimum Gasteiger partial charge on any atom is -0.494 e.